The fourth-order valence-corrected chi connectivity index (χ4v) is 1.94. The first-order valence-electron chi connectivity index (χ1n) is 5.11. The van der Waals surface area contributed by atoms with E-state index in [-0.39, 0.29) is 12.4 Å². The molecule has 0 spiro atoms. The number of hydrogen-bond donors (Lipinski definition) is 2. The largest absolute Gasteiger partial charge is 0.435 e. The van der Waals surface area contributed by atoms with Crippen LogP contribution >= 0.6 is 11.8 Å². The van der Waals surface area contributed by atoms with Gasteiger partial charge in [-0.2, -0.15) is 24.9 Å². The lowest BCUT2D eigenvalue weighted by molar-refractivity contribution is -0.141. The molecule has 0 aliphatic heterocycles. The van der Waals surface area contributed by atoms with Crippen molar-refractivity contribution in [3.63, 3.8) is 0 Å². The van der Waals surface area contributed by atoms with Crippen molar-refractivity contribution < 1.29 is 18.3 Å². The van der Waals surface area contributed by atoms with Crippen LogP contribution in [0.4, 0.5) is 19.0 Å². The van der Waals surface area contributed by atoms with E-state index in [1.165, 1.54) is 17.8 Å². The molecule has 1 aromatic heterocycles. The van der Waals surface area contributed by atoms with Gasteiger partial charge < -0.3 is 10.4 Å². The zero-order valence-corrected chi connectivity index (χ0v) is 10.8. The Bertz CT molecular complexity index is 381. The fraction of sp³-hybridized carbons (Fsp3) is 0.600. The second kappa shape index (κ2) is 5.75. The number of thioether (sulfide) groups is 1. The first-order chi connectivity index (χ1) is 8.24. The van der Waals surface area contributed by atoms with Gasteiger partial charge in [-0.25, -0.2) is 0 Å². The minimum absolute atomic E-state index is 0.188. The van der Waals surface area contributed by atoms with Gasteiger partial charge in [0, 0.05) is 12.3 Å². The highest BCUT2D eigenvalue weighted by molar-refractivity contribution is 7.98. The number of nitrogens with one attached hydrogen (secondary N) is 1. The van der Waals surface area contributed by atoms with Gasteiger partial charge in [0.25, 0.3) is 0 Å². The van der Waals surface area contributed by atoms with Crippen LogP contribution in [0.15, 0.2) is 12.1 Å². The maximum atomic E-state index is 12.2. The molecule has 0 radical (unpaired) electrons. The van der Waals surface area contributed by atoms with Gasteiger partial charge in [-0.1, -0.05) is 0 Å². The standard InChI is InChI=1S/C10H14F3N3OS/c1-9(17,6-18-2)5-14-8-4-3-7(15-16-8)10(11,12)13/h3-4,17H,5-6H2,1-2H3,(H,14,16). The molecule has 0 saturated carbocycles. The number of hydrogen-bond acceptors (Lipinski definition) is 5. The normalized spacial score (nSPS) is 15.2. The number of halogens is 3. The van der Waals surface area contributed by atoms with Crippen LogP contribution in [0.3, 0.4) is 0 Å². The Balaban J connectivity index is 2.60. The third-order valence-corrected chi connectivity index (χ3v) is 2.97. The van der Waals surface area contributed by atoms with E-state index in [1.54, 1.807) is 6.92 Å². The van der Waals surface area contributed by atoms with Gasteiger partial charge in [0.15, 0.2) is 5.69 Å². The predicted octanol–water partition coefficient (Wildman–Crippen LogP) is 2.02. The molecular weight excluding hydrogens is 267 g/mol. The number of rotatable bonds is 5. The summed E-state index contributed by atoms with van der Waals surface area (Å²) in [5.41, 5.74) is -1.99. The lowest BCUT2D eigenvalue weighted by Gasteiger charge is -2.22. The topological polar surface area (TPSA) is 58.0 Å². The first kappa shape index (κ1) is 15.0. The van der Waals surface area contributed by atoms with Crippen molar-refractivity contribution in [3.05, 3.63) is 17.8 Å². The van der Waals surface area contributed by atoms with Gasteiger partial charge in [0.2, 0.25) is 0 Å². The van der Waals surface area contributed by atoms with Crippen LogP contribution in [0.5, 0.6) is 0 Å². The summed E-state index contributed by atoms with van der Waals surface area (Å²) in [4.78, 5) is 0. The SMILES string of the molecule is CSCC(C)(O)CNc1ccc(C(F)(F)F)nn1. The average Bonchev–Trinajstić information content (AvgIpc) is 2.26. The summed E-state index contributed by atoms with van der Waals surface area (Å²) in [6.45, 7) is 1.82. The molecule has 0 aromatic carbocycles. The smallest absolute Gasteiger partial charge is 0.387 e. The van der Waals surface area contributed by atoms with Crippen molar-refractivity contribution in [2.75, 3.05) is 23.9 Å². The molecule has 1 unspecified atom stereocenters. The molecule has 2 N–H and O–H groups in total. The van der Waals surface area contributed by atoms with Gasteiger partial charge in [-0.3, -0.25) is 0 Å². The molecule has 0 aliphatic carbocycles. The average molecular weight is 281 g/mol. The monoisotopic (exact) mass is 281 g/mol. The summed E-state index contributed by atoms with van der Waals surface area (Å²) in [7, 11) is 0. The Morgan fingerprint density at radius 3 is 2.44 bits per heavy atom. The van der Waals surface area contributed by atoms with Gasteiger partial charge in [0.1, 0.15) is 5.82 Å². The summed E-state index contributed by atoms with van der Waals surface area (Å²) in [6.07, 6.45) is -2.64. The number of nitrogens with zero attached hydrogens (tertiary/aromatic N) is 2. The maximum absolute atomic E-state index is 12.2. The first-order valence-corrected chi connectivity index (χ1v) is 6.50. The van der Waals surface area contributed by atoms with Crippen LogP contribution < -0.4 is 5.32 Å². The van der Waals surface area contributed by atoms with Crippen LogP contribution in [0.2, 0.25) is 0 Å². The predicted molar refractivity (Wildman–Crippen MR) is 64.5 cm³/mol. The van der Waals surface area contributed by atoms with E-state index in [0.717, 1.165) is 6.07 Å². The fourth-order valence-electron chi connectivity index (χ4n) is 1.22. The van der Waals surface area contributed by atoms with Crippen LogP contribution in [0.25, 0.3) is 0 Å². The van der Waals surface area contributed by atoms with Crippen molar-refractivity contribution in [2.45, 2.75) is 18.7 Å². The molecule has 0 fully saturated rings. The summed E-state index contributed by atoms with van der Waals surface area (Å²) in [6, 6.07) is 2.03. The molecule has 18 heavy (non-hydrogen) atoms. The second-order valence-electron chi connectivity index (χ2n) is 4.09. The van der Waals surface area contributed by atoms with E-state index >= 15 is 0 Å². The van der Waals surface area contributed by atoms with E-state index < -0.39 is 17.5 Å². The number of alkyl halides is 3. The Morgan fingerprint density at radius 2 is 2.00 bits per heavy atom. The lowest BCUT2D eigenvalue weighted by atomic mass is 10.1. The van der Waals surface area contributed by atoms with Gasteiger partial charge in [-0.15, -0.1) is 10.2 Å². The second-order valence-corrected chi connectivity index (χ2v) is 4.95. The third kappa shape index (κ3) is 4.69. The van der Waals surface area contributed by atoms with Gasteiger partial charge >= 0.3 is 6.18 Å². The van der Waals surface area contributed by atoms with E-state index in [2.05, 4.69) is 15.5 Å². The van der Waals surface area contributed by atoms with Crippen molar-refractivity contribution in [1.82, 2.24) is 10.2 Å². The van der Waals surface area contributed by atoms with Crippen molar-refractivity contribution >= 4 is 17.6 Å². The van der Waals surface area contributed by atoms with Crippen molar-refractivity contribution in [2.24, 2.45) is 0 Å². The highest BCUT2D eigenvalue weighted by Crippen LogP contribution is 2.27. The highest BCUT2D eigenvalue weighted by Gasteiger charge is 2.32. The zero-order valence-electron chi connectivity index (χ0n) is 9.95. The van der Waals surface area contributed by atoms with E-state index in [1.807, 2.05) is 6.26 Å². The van der Waals surface area contributed by atoms with E-state index in [0.29, 0.717) is 5.75 Å². The van der Waals surface area contributed by atoms with E-state index in [9.17, 15) is 18.3 Å². The molecule has 4 nitrogen and oxygen atoms in total. The molecule has 8 heteroatoms. The Hall–Kier alpha value is -1.02. The summed E-state index contributed by atoms with van der Waals surface area (Å²) >= 11 is 1.47. The van der Waals surface area contributed by atoms with Crippen LogP contribution in [-0.4, -0.2) is 39.5 Å². The van der Waals surface area contributed by atoms with Crippen molar-refractivity contribution in [3.8, 4) is 0 Å². The third-order valence-electron chi connectivity index (χ3n) is 2.06. The Labute approximate surface area is 107 Å². The van der Waals surface area contributed by atoms with Crippen LogP contribution in [0, 0.1) is 0 Å². The Morgan fingerprint density at radius 1 is 1.33 bits per heavy atom. The Kier molecular flexibility index (Phi) is 4.80. The maximum Gasteiger partial charge on any atom is 0.435 e. The van der Waals surface area contributed by atoms with Gasteiger partial charge in [-0.05, 0) is 25.3 Å². The summed E-state index contributed by atoms with van der Waals surface area (Å²) in [5, 5.41) is 19.1. The molecular formula is C10H14F3N3OS. The number of aliphatic hydroxyl groups is 1. The quantitative estimate of drug-likeness (QED) is 0.864. The van der Waals surface area contributed by atoms with E-state index in [4.69, 9.17) is 0 Å². The van der Waals surface area contributed by atoms with Crippen LogP contribution in [0.1, 0.15) is 12.6 Å². The zero-order chi connectivity index (χ0) is 13.8. The summed E-state index contributed by atoms with van der Waals surface area (Å²) < 4.78 is 36.7. The highest BCUT2D eigenvalue weighted by atomic mass is 32.2. The van der Waals surface area contributed by atoms with Gasteiger partial charge in [0.05, 0.1) is 5.60 Å². The molecule has 1 atom stereocenters. The molecule has 102 valence electrons. The minimum Gasteiger partial charge on any atom is -0.387 e. The molecule has 0 amide bonds. The molecule has 1 aromatic rings. The minimum atomic E-state index is -4.49. The molecule has 0 saturated heterocycles. The molecule has 1 heterocycles. The lowest BCUT2D eigenvalue weighted by Crippen LogP contribution is -2.36. The van der Waals surface area contributed by atoms with Crippen molar-refractivity contribution in [1.29, 1.82) is 0 Å². The number of aromatic nitrogens is 2. The molecule has 0 aliphatic rings. The number of anilines is 1. The van der Waals surface area contributed by atoms with Crippen LogP contribution in [-0.2, 0) is 6.18 Å². The summed E-state index contributed by atoms with van der Waals surface area (Å²) in [5.74, 6) is 0.706. The molecule has 1 rings (SSSR count). The molecule has 0 bridgehead atoms.